The second-order valence-corrected chi connectivity index (χ2v) is 5.92. The standard InChI is InChI=1S/C14H14FNO3S/c1-10-9-11(15)3-8-14(10)16-20(17,18)13-6-4-12(19-2)5-7-13/h3-9,16H,1-2H3. The first-order valence-electron chi connectivity index (χ1n) is 5.85. The smallest absolute Gasteiger partial charge is 0.261 e. The summed E-state index contributed by atoms with van der Waals surface area (Å²) in [6.45, 7) is 1.63. The Morgan fingerprint density at radius 2 is 1.75 bits per heavy atom. The Labute approximate surface area is 117 Å². The molecule has 0 bridgehead atoms. The van der Waals surface area contributed by atoms with Crippen molar-refractivity contribution in [2.24, 2.45) is 0 Å². The number of methoxy groups -OCH3 is 1. The van der Waals surface area contributed by atoms with Gasteiger partial charge in [-0.25, -0.2) is 12.8 Å². The van der Waals surface area contributed by atoms with Gasteiger partial charge in [0.25, 0.3) is 10.0 Å². The van der Waals surface area contributed by atoms with Gasteiger partial charge in [0.1, 0.15) is 11.6 Å². The van der Waals surface area contributed by atoms with Crippen LogP contribution in [-0.4, -0.2) is 15.5 Å². The average molecular weight is 295 g/mol. The molecule has 2 aromatic carbocycles. The van der Waals surface area contributed by atoms with Crippen LogP contribution >= 0.6 is 0 Å². The third-order valence-electron chi connectivity index (χ3n) is 2.80. The molecule has 0 saturated carbocycles. The highest BCUT2D eigenvalue weighted by Crippen LogP contribution is 2.21. The summed E-state index contributed by atoms with van der Waals surface area (Å²) in [6, 6.07) is 9.88. The van der Waals surface area contributed by atoms with Crippen molar-refractivity contribution >= 4 is 15.7 Å². The van der Waals surface area contributed by atoms with Crippen LogP contribution in [0.5, 0.6) is 5.75 Å². The van der Waals surface area contributed by atoms with Crippen LogP contribution in [0.4, 0.5) is 10.1 Å². The Balaban J connectivity index is 2.30. The summed E-state index contributed by atoms with van der Waals surface area (Å²) in [7, 11) is -2.20. The fourth-order valence-electron chi connectivity index (χ4n) is 1.70. The minimum absolute atomic E-state index is 0.113. The third kappa shape index (κ3) is 3.08. The molecule has 0 radical (unpaired) electrons. The first-order chi connectivity index (χ1) is 9.42. The molecule has 0 heterocycles. The molecule has 0 atom stereocenters. The van der Waals surface area contributed by atoms with E-state index in [0.717, 1.165) is 0 Å². The van der Waals surface area contributed by atoms with E-state index in [2.05, 4.69) is 4.72 Å². The zero-order chi connectivity index (χ0) is 14.8. The SMILES string of the molecule is COc1ccc(S(=O)(=O)Nc2ccc(F)cc2C)cc1. The predicted molar refractivity (Wildman–Crippen MR) is 74.9 cm³/mol. The summed E-state index contributed by atoms with van der Waals surface area (Å²) in [5, 5.41) is 0. The third-order valence-corrected chi connectivity index (χ3v) is 4.18. The lowest BCUT2D eigenvalue weighted by Gasteiger charge is -2.11. The molecule has 106 valence electrons. The van der Waals surface area contributed by atoms with Gasteiger partial charge >= 0.3 is 0 Å². The number of nitrogens with one attached hydrogen (secondary N) is 1. The van der Waals surface area contributed by atoms with Gasteiger partial charge in [0, 0.05) is 0 Å². The van der Waals surface area contributed by atoms with Crippen LogP contribution in [0, 0.1) is 12.7 Å². The maximum atomic E-state index is 13.0. The lowest BCUT2D eigenvalue weighted by atomic mass is 10.2. The highest BCUT2D eigenvalue weighted by atomic mass is 32.2. The molecule has 0 fully saturated rings. The van der Waals surface area contributed by atoms with E-state index in [9.17, 15) is 12.8 Å². The Morgan fingerprint density at radius 3 is 2.30 bits per heavy atom. The van der Waals surface area contributed by atoms with Crippen molar-refractivity contribution in [3.05, 3.63) is 53.8 Å². The van der Waals surface area contributed by atoms with E-state index in [-0.39, 0.29) is 4.90 Å². The number of aryl methyl sites for hydroxylation is 1. The minimum atomic E-state index is -3.70. The number of sulfonamides is 1. The summed E-state index contributed by atoms with van der Waals surface area (Å²) >= 11 is 0. The molecule has 2 rings (SSSR count). The van der Waals surface area contributed by atoms with E-state index < -0.39 is 15.8 Å². The second kappa shape index (κ2) is 5.50. The van der Waals surface area contributed by atoms with E-state index in [1.54, 1.807) is 19.1 Å². The fourth-order valence-corrected chi connectivity index (χ4v) is 2.83. The highest BCUT2D eigenvalue weighted by Gasteiger charge is 2.15. The van der Waals surface area contributed by atoms with Gasteiger partial charge in [0.2, 0.25) is 0 Å². The number of rotatable bonds is 4. The molecule has 1 N–H and O–H groups in total. The largest absolute Gasteiger partial charge is 0.497 e. The lowest BCUT2D eigenvalue weighted by molar-refractivity contribution is 0.414. The topological polar surface area (TPSA) is 55.4 Å². The summed E-state index contributed by atoms with van der Waals surface area (Å²) in [5.41, 5.74) is 0.865. The van der Waals surface area contributed by atoms with Crippen LogP contribution in [-0.2, 0) is 10.0 Å². The van der Waals surface area contributed by atoms with Crippen molar-refractivity contribution in [3.8, 4) is 5.75 Å². The van der Waals surface area contributed by atoms with Gasteiger partial charge in [0.15, 0.2) is 0 Å². The zero-order valence-corrected chi connectivity index (χ0v) is 11.9. The van der Waals surface area contributed by atoms with Crippen molar-refractivity contribution < 1.29 is 17.5 Å². The number of ether oxygens (including phenoxy) is 1. The molecule has 0 saturated heterocycles. The number of halogens is 1. The Hall–Kier alpha value is -2.08. The summed E-state index contributed by atoms with van der Waals surface area (Å²) in [4.78, 5) is 0.113. The molecule has 0 aliphatic rings. The number of anilines is 1. The van der Waals surface area contributed by atoms with Gasteiger partial charge < -0.3 is 4.74 Å². The normalized spacial score (nSPS) is 11.2. The maximum Gasteiger partial charge on any atom is 0.261 e. The van der Waals surface area contributed by atoms with Crippen molar-refractivity contribution in [1.29, 1.82) is 0 Å². The van der Waals surface area contributed by atoms with Crippen LogP contribution in [0.2, 0.25) is 0 Å². The predicted octanol–water partition coefficient (Wildman–Crippen LogP) is 2.94. The van der Waals surface area contributed by atoms with Crippen LogP contribution < -0.4 is 9.46 Å². The van der Waals surface area contributed by atoms with E-state index in [4.69, 9.17) is 4.74 Å². The zero-order valence-electron chi connectivity index (χ0n) is 11.1. The van der Waals surface area contributed by atoms with E-state index in [1.165, 1.54) is 37.4 Å². The minimum Gasteiger partial charge on any atom is -0.497 e. The first-order valence-corrected chi connectivity index (χ1v) is 7.34. The first kappa shape index (κ1) is 14.3. The Morgan fingerprint density at radius 1 is 1.10 bits per heavy atom. The molecule has 0 spiro atoms. The average Bonchev–Trinajstić information content (AvgIpc) is 2.42. The number of hydrogen-bond acceptors (Lipinski definition) is 3. The summed E-state index contributed by atoms with van der Waals surface area (Å²) in [6.07, 6.45) is 0. The summed E-state index contributed by atoms with van der Waals surface area (Å²) in [5.74, 6) is 0.164. The molecule has 0 aliphatic carbocycles. The van der Waals surface area contributed by atoms with Gasteiger partial charge in [-0.3, -0.25) is 4.72 Å². The van der Waals surface area contributed by atoms with Gasteiger partial charge in [-0.1, -0.05) is 0 Å². The van der Waals surface area contributed by atoms with Crippen LogP contribution in [0.25, 0.3) is 0 Å². The van der Waals surface area contributed by atoms with Crippen LogP contribution in [0.3, 0.4) is 0 Å². The second-order valence-electron chi connectivity index (χ2n) is 4.24. The molecule has 6 heteroatoms. The van der Waals surface area contributed by atoms with Gasteiger partial charge in [-0.05, 0) is 55.0 Å². The summed E-state index contributed by atoms with van der Waals surface area (Å²) < 4.78 is 44.8. The maximum absolute atomic E-state index is 13.0. The Kier molecular flexibility index (Phi) is 3.94. The molecule has 0 amide bonds. The van der Waals surface area contributed by atoms with Crippen molar-refractivity contribution in [1.82, 2.24) is 0 Å². The van der Waals surface area contributed by atoms with Crippen LogP contribution in [0.1, 0.15) is 5.56 Å². The molecule has 0 aromatic heterocycles. The van der Waals surface area contributed by atoms with Gasteiger partial charge in [-0.2, -0.15) is 0 Å². The lowest BCUT2D eigenvalue weighted by Crippen LogP contribution is -2.13. The van der Waals surface area contributed by atoms with E-state index >= 15 is 0 Å². The van der Waals surface area contributed by atoms with Crippen molar-refractivity contribution in [3.63, 3.8) is 0 Å². The molecular weight excluding hydrogens is 281 g/mol. The van der Waals surface area contributed by atoms with E-state index in [1.807, 2.05) is 0 Å². The van der Waals surface area contributed by atoms with Crippen molar-refractivity contribution in [2.45, 2.75) is 11.8 Å². The molecule has 0 unspecified atom stereocenters. The molecule has 0 aliphatic heterocycles. The van der Waals surface area contributed by atoms with Crippen molar-refractivity contribution in [2.75, 3.05) is 11.8 Å². The number of benzene rings is 2. The molecular formula is C14H14FNO3S. The molecule has 20 heavy (non-hydrogen) atoms. The number of hydrogen-bond donors (Lipinski definition) is 1. The van der Waals surface area contributed by atoms with Gasteiger partial charge in [0.05, 0.1) is 17.7 Å². The quantitative estimate of drug-likeness (QED) is 0.943. The monoisotopic (exact) mass is 295 g/mol. The van der Waals surface area contributed by atoms with Gasteiger partial charge in [-0.15, -0.1) is 0 Å². The molecule has 4 nitrogen and oxygen atoms in total. The van der Waals surface area contributed by atoms with E-state index in [0.29, 0.717) is 17.0 Å². The fraction of sp³-hybridized carbons (Fsp3) is 0.143. The highest BCUT2D eigenvalue weighted by molar-refractivity contribution is 7.92. The van der Waals surface area contributed by atoms with Crippen LogP contribution in [0.15, 0.2) is 47.4 Å². The molecule has 2 aromatic rings. The Bertz CT molecular complexity index is 712.